The van der Waals surface area contributed by atoms with Gasteiger partial charge >= 0.3 is 0 Å². The second kappa shape index (κ2) is 3.17. The van der Waals surface area contributed by atoms with E-state index < -0.39 is 5.54 Å². The van der Waals surface area contributed by atoms with Crippen LogP contribution < -0.4 is 5.73 Å². The Morgan fingerprint density at radius 1 is 1.42 bits per heavy atom. The molecule has 0 saturated heterocycles. The highest BCUT2D eigenvalue weighted by Crippen LogP contribution is 2.22. The molecular formula is C7H9Cl2N3. The SMILES string of the molecule is CC(C)(N)c1ncc(Cl)nc1Cl. The predicted molar refractivity (Wildman–Crippen MR) is 49.3 cm³/mol. The Balaban J connectivity index is 3.19. The highest BCUT2D eigenvalue weighted by atomic mass is 35.5. The van der Waals surface area contributed by atoms with Gasteiger partial charge in [-0.05, 0) is 13.8 Å². The highest BCUT2D eigenvalue weighted by molar-refractivity contribution is 6.32. The summed E-state index contributed by atoms with van der Waals surface area (Å²) in [5.41, 5.74) is 5.74. The molecule has 1 heterocycles. The van der Waals surface area contributed by atoms with Crippen molar-refractivity contribution >= 4 is 23.2 Å². The molecule has 0 amide bonds. The summed E-state index contributed by atoms with van der Waals surface area (Å²) in [6.07, 6.45) is 1.43. The van der Waals surface area contributed by atoms with Crippen LogP contribution in [0.3, 0.4) is 0 Å². The van der Waals surface area contributed by atoms with Crippen LogP contribution >= 0.6 is 23.2 Å². The lowest BCUT2D eigenvalue weighted by atomic mass is 10.0. The average molecular weight is 206 g/mol. The molecule has 5 heteroatoms. The molecule has 3 nitrogen and oxygen atoms in total. The third-order valence-electron chi connectivity index (χ3n) is 1.31. The molecule has 0 radical (unpaired) electrons. The molecule has 0 aliphatic heterocycles. The van der Waals surface area contributed by atoms with E-state index in [2.05, 4.69) is 9.97 Å². The molecule has 1 aromatic rings. The van der Waals surface area contributed by atoms with Gasteiger partial charge in [-0.3, -0.25) is 4.98 Å². The van der Waals surface area contributed by atoms with Crippen LogP contribution in [0.2, 0.25) is 10.3 Å². The maximum absolute atomic E-state index is 5.78. The first-order valence-electron chi connectivity index (χ1n) is 3.38. The Hall–Kier alpha value is -0.380. The molecule has 0 bridgehead atoms. The first-order valence-corrected chi connectivity index (χ1v) is 4.14. The van der Waals surface area contributed by atoms with Crippen molar-refractivity contribution in [1.29, 1.82) is 0 Å². The van der Waals surface area contributed by atoms with Crippen molar-refractivity contribution in [1.82, 2.24) is 9.97 Å². The number of halogens is 2. The monoisotopic (exact) mass is 205 g/mol. The zero-order chi connectivity index (χ0) is 9.35. The molecule has 0 unspecified atom stereocenters. The third kappa shape index (κ3) is 2.06. The smallest absolute Gasteiger partial charge is 0.154 e. The van der Waals surface area contributed by atoms with Crippen molar-refractivity contribution in [2.24, 2.45) is 5.73 Å². The first kappa shape index (κ1) is 9.71. The summed E-state index contributed by atoms with van der Waals surface area (Å²) in [5, 5.41) is 0.531. The molecule has 1 rings (SSSR count). The van der Waals surface area contributed by atoms with Crippen LogP contribution in [0.4, 0.5) is 0 Å². The van der Waals surface area contributed by atoms with Gasteiger partial charge in [0.1, 0.15) is 5.15 Å². The summed E-state index contributed by atoms with van der Waals surface area (Å²) < 4.78 is 0. The second-order valence-corrected chi connectivity index (χ2v) is 3.80. The van der Waals surface area contributed by atoms with Gasteiger partial charge in [0.25, 0.3) is 0 Å². The van der Waals surface area contributed by atoms with Gasteiger partial charge in [-0.1, -0.05) is 23.2 Å². The van der Waals surface area contributed by atoms with Gasteiger partial charge in [-0.25, -0.2) is 4.98 Å². The van der Waals surface area contributed by atoms with Crippen molar-refractivity contribution in [2.75, 3.05) is 0 Å². The maximum Gasteiger partial charge on any atom is 0.154 e. The van der Waals surface area contributed by atoms with Gasteiger partial charge in [-0.15, -0.1) is 0 Å². The average Bonchev–Trinajstić information content (AvgIpc) is 1.83. The van der Waals surface area contributed by atoms with Crippen molar-refractivity contribution in [3.8, 4) is 0 Å². The van der Waals surface area contributed by atoms with E-state index in [4.69, 9.17) is 28.9 Å². The summed E-state index contributed by atoms with van der Waals surface area (Å²) >= 11 is 11.3. The number of nitrogens with two attached hydrogens (primary N) is 1. The van der Waals surface area contributed by atoms with E-state index >= 15 is 0 Å². The highest BCUT2D eigenvalue weighted by Gasteiger charge is 2.20. The molecule has 0 atom stereocenters. The number of hydrogen-bond donors (Lipinski definition) is 1. The molecule has 0 aliphatic rings. The Kier molecular flexibility index (Phi) is 2.56. The fourth-order valence-corrected chi connectivity index (χ4v) is 1.34. The lowest BCUT2D eigenvalue weighted by molar-refractivity contribution is 0.532. The molecule has 0 aromatic carbocycles. The predicted octanol–water partition coefficient (Wildman–Crippen LogP) is 1.98. The minimum absolute atomic E-state index is 0.259. The standard InChI is InChI=1S/C7H9Cl2N3/c1-7(2,10)5-6(9)12-4(8)3-11-5/h3H,10H2,1-2H3. The zero-order valence-corrected chi connectivity index (χ0v) is 8.32. The molecule has 0 spiro atoms. The quantitative estimate of drug-likeness (QED) is 0.764. The van der Waals surface area contributed by atoms with Crippen LogP contribution in [-0.2, 0) is 5.54 Å². The van der Waals surface area contributed by atoms with Crippen LogP contribution in [0.5, 0.6) is 0 Å². The summed E-state index contributed by atoms with van der Waals surface area (Å²) in [4.78, 5) is 7.83. The Labute approximate surface area is 80.9 Å². The van der Waals surface area contributed by atoms with Crippen molar-refractivity contribution in [3.63, 3.8) is 0 Å². The third-order valence-corrected chi connectivity index (χ3v) is 1.76. The number of nitrogens with zero attached hydrogens (tertiary/aromatic N) is 2. The lowest BCUT2D eigenvalue weighted by Crippen LogP contribution is -2.30. The van der Waals surface area contributed by atoms with Crippen LogP contribution in [0.1, 0.15) is 19.5 Å². The molecule has 0 fully saturated rings. The molecule has 1 aromatic heterocycles. The van der Waals surface area contributed by atoms with Gasteiger partial charge in [0, 0.05) is 0 Å². The molecule has 12 heavy (non-hydrogen) atoms. The number of hydrogen-bond acceptors (Lipinski definition) is 3. The maximum atomic E-state index is 5.78. The van der Waals surface area contributed by atoms with E-state index in [1.807, 2.05) is 0 Å². The van der Waals surface area contributed by atoms with Gasteiger partial charge in [-0.2, -0.15) is 0 Å². The largest absolute Gasteiger partial charge is 0.320 e. The Morgan fingerprint density at radius 2 is 2.00 bits per heavy atom. The zero-order valence-electron chi connectivity index (χ0n) is 6.81. The summed E-state index contributed by atoms with van der Waals surface area (Å²) in [7, 11) is 0. The Morgan fingerprint density at radius 3 is 2.42 bits per heavy atom. The second-order valence-electron chi connectivity index (χ2n) is 3.05. The minimum Gasteiger partial charge on any atom is -0.320 e. The van der Waals surface area contributed by atoms with Gasteiger partial charge in [0.15, 0.2) is 5.15 Å². The topological polar surface area (TPSA) is 51.8 Å². The lowest BCUT2D eigenvalue weighted by Gasteiger charge is -2.17. The minimum atomic E-state index is -0.589. The summed E-state index contributed by atoms with van der Waals surface area (Å²) in [6, 6.07) is 0. The summed E-state index contributed by atoms with van der Waals surface area (Å²) in [5.74, 6) is 0. The van der Waals surface area contributed by atoms with E-state index in [1.165, 1.54) is 6.20 Å². The first-order chi connectivity index (χ1) is 5.41. The van der Waals surface area contributed by atoms with E-state index in [0.717, 1.165) is 0 Å². The molecule has 2 N–H and O–H groups in total. The fraction of sp³-hybridized carbons (Fsp3) is 0.429. The molecular weight excluding hydrogens is 197 g/mol. The van der Waals surface area contributed by atoms with E-state index in [1.54, 1.807) is 13.8 Å². The van der Waals surface area contributed by atoms with E-state index in [-0.39, 0.29) is 10.3 Å². The van der Waals surface area contributed by atoms with Crippen LogP contribution in [0.15, 0.2) is 6.20 Å². The number of aromatic nitrogens is 2. The van der Waals surface area contributed by atoms with Crippen LogP contribution in [0.25, 0.3) is 0 Å². The molecule has 0 aliphatic carbocycles. The fourth-order valence-electron chi connectivity index (χ4n) is 0.779. The van der Waals surface area contributed by atoms with Crippen molar-refractivity contribution in [3.05, 3.63) is 22.2 Å². The van der Waals surface area contributed by atoms with Crippen molar-refractivity contribution < 1.29 is 0 Å². The van der Waals surface area contributed by atoms with E-state index in [0.29, 0.717) is 5.69 Å². The Bertz CT molecular complexity index is 293. The van der Waals surface area contributed by atoms with Crippen LogP contribution in [0, 0.1) is 0 Å². The van der Waals surface area contributed by atoms with Gasteiger partial charge in [0.2, 0.25) is 0 Å². The normalized spacial score (nSPS) is 11.8. The van der Waals surface area contributed by atoms with E-state index in [9.17, 15) is 0 Å². The number of rotatable bonds is 1. The van der Waals surface area contributed by atoms with Gasteiger partial charge < -0.3 is 5.73 Å². The molecule has 66 valence electrons. The van der Waals surface area contributed by atoms with Crippen molar-refractivity contribution in [2.45, 2.75) is 19.4 Å². The van der Waals surface area contributed by atoms with Crippen LogP contribution in [-0.4, -0.2) is 9.97 Å². The molecule has 0 saturated carbocycles. The summed E-state index contributed by atoms with van der Waals surface area (Å²) in [6.45, 7) is 3.60. The van der Waals surface area contributed by atoms with Gasteiger partial charge in [0.05, 0.1) is 17.4 Å².